The Morgan fingerprint density at radius 3 is 3.11 bits per heavy atom. The van der Waals surface area contributed by atoms with E-state index >= 15 is 0 Å². The van der Waals surface area contributed by atoms with Gasteiger partial charge in [0.1, 0.15) is 0 Å². The van der Waals surface area contributed by atoms with Crippen LogP contribution in [-0.2, 0) is 0 Å². The van der Waals surface area contributed by atoms with E-state index in [1.54, 1.807) is 6.08 Å². The summed E-state index contributed by atoms with van der Waals surface area (Å²) < 4.78 is 0. The maximum atomic E-state index is 5.10. The first-order valence-electron chi connectivity index (χ1n) is 6.68. The zero-order chi connectivity index (χ0) is 13.2. The van der Waals surface area contributed by atoms with Crippen LogP contribution in [0.4, 0.5) is 0 Å². The molecule has 0 bridgehead atoms. The van der Waals surface area contributed by atoms with E-state index in [2.05, 4.69) is 35.4 Å². The molecular formula is C14H23N3S. The van der Waals surface area contributed by atoms with Crippen LogP contribution in [-0.4, -0.2) is 17.4 Å². The molecule has 0 aliphatic heterocycles. The molecule has 0 saturated carbocycles. The molecule has 0 spiro atoms. The smallest absolute Gasteiger partial charge is 0.187 e. The van der Waals surface area contributed by atoms with Crippen molar-refractivity contribution in [2.45, 2.75) is 45.4 Å². The molecule has 1 aliphatic rings. The Kier molecular flexibility index (Phi) is 7.34. The van der Waals surface area contributed by atoms with Gasteiger partial charge < -0.3 is 5.32 Å². The van der Waals surface area contributed by atoms with Gasteiger partial charge in [-0.2, -0.15) is 5.10 Å². The zero-order valence-electron chi connectivity index (χ0n) is 11.2. The molecule has 0 unspecified atom stereocenters. The lowest BCUT2D eigenvalue weighted by molar-refractivity contribution is 0.722. The van der Waals surface area contributed by atoms with Crippen LogP contribution in [0, 0.1) is 0 Å². The molecule has 0 aromatic rings. The number of thiocarbonyl (C=S) groups is 1. The van der Waals surface area contributed by atoms with Gasteiger partial charge in [-0.3, -0.25) is 5.43 Å². The number of allylic oxidation sites excluding steroid dienone is 2. The topological polar surface area (TPSA) is 36.4 Å². The van der Waals surface area contributed by atoms with Crippen LogP contribution in [0.2, 0.25) is 0 Å². The normalized spacial score (nSPS) is 16.5. The summed E-state index contributed by atoms with van der Waals surface area (Å²) in [7, 11) is 0. The third kappa shape index (κ3) is 5.45. The first-order chi connectivity index (χ1) is 8.77. The molecule has 0 amide bonds. The number of nitrogens with zero attached hydrogens (tertiary/aromatic N) is 1. The third-order valence-corrected chi connectivity index (χ3v) is 3.13. The molecule has 100 valence electrons. The minimum atomic E-state index is 0.558. The minimum Gasteiger partial charge on any atom is -0.358 e. The van der Waals surface area contributed by atoms with Gasteiger partial charge in [0.2, 0.25) is 0 Å². The Morgan fingerprint density at radius 2 is 2.39 bits per heavy atom. The van der Waals surface area contributed by atoms with E-state index in [0.717, 1.165) is 25.0 Å². The highest BCUT2D eigenvalue weighted by Crippen LogP contribution is 2.20. The number of hydrogen-bond acceptors (Lipinski definition) is 2. The molecule has 0 heterocycles. The van der Waals surface area contributed by atoms with Crippen molar-refractivity contribution in [2.24, 2.45) is 5.10 Å². The summed E-state index contributed by atoms with van der Waals surface area (Å²) in [6.45, 7) is 6.52. The van der Waals surface area contributed by atoms with Gasteiger partial charge in [0.15, 0.2) is 5.11 Å². The fraction of sp³-hybridized carbons (Fsp3) is 0.571. The fourth-order valence-corrected chi connectivity index (χ4v) is 2.05. The highest BCUT2D eigenvalue weighted by Gasteiger charge is 2.12. The van der Waals surface area contributed by atoms with Crippen molar-refractivity contribution < 1.29 is 0 Å². The molecule has 1 aliphatic carbocycles. The van der Waals surface area contributed by atoms with Gasteiger partial charge in [-0.05, 0) is 43.5 Å². The van der Waals surface area contributed by atoms with E-state index < -0.39 is 0 Å². The number of hydrazone groups is 1. The van der Waals surface area contributed by atoms with E-state index in [-0.39, 0.29) is 0 Å². The largest absolute Gasteiger partial charge is 0.358 e. The van der Waals surface area contributed by atoms with E-state index in [4.69, 9.17) is 12.2 Å². The standard InChI is InChI=1S/C14H23N3S/c1-3-5-6-8-12-9-7-10-13(12)16-17-14(18)15-11-4-2/h4,9H,2-3,5-8,10-11H2,1H3,(H2,15,17,18)/b16-13+. The summed E-state index contributed by atoms with van der Waals surface area (Å²) in [4.78, 5) is 0. The predicted molar refractivity (Wildman–Crippen MR) is 82.8 cm³/mol. The second kappa shape index (κ2) is 8.86. The molecule has 4 heteroatoms. The Hall–Kier alpha value is -1.16. The lowest BCUT2D eigenvalue weighted by atomic mass is 10.1. The van der Waals surface area contributed by atoms with Gasteiger partial charge in [-0.25, -0.2) is 0 Å². The number of nitrogens with one attached hydrogen (secondary N) is 2. The van der Waals surface area contributed by atoms with Crippen LogP contribution in [0.1, 0.15) is 45.4 Å². The molecule has 3 nitrogen and oxygen atoms in total. The third-order valence-electron chi connectivity index (χ3n) is 2.89. The van der Waals surface area contributed by atoms with Gasteiger partial charge in [0.05, 0.1) is 5.71 Å². The highest BCUT2D eigenvalue weighted by atomic mass is 32.1. The monoisotopic (exact) mass is 265 g/mol. The number of rotatable bonds is 7. The fourth-order valence-electron chi connectivity index (χ4n) is 1.92. The van der Waals surface area contributed by atoms with Crippen molar-refractivity contribution in [1.82, 2.24) is 10.7 Å². The van der Waals surface area contributed by atoms with E-state index in [1.807, 2.05) is 0 Å². The Labute approximate surface area is 115 Å². The second-order valence-corrected chi connectivity index (χ2v) is 4.80. The molecular weight excluding hydrogens is 242 g/mol. The van der Waals surface area contributed by atoms with Gasteiger partial charge in [-0.1, -0.05) is 31.9 Å². The summed E-state index contributed by atoms with van der Waals surface area (Å²) in [6.07, 6.45) is 11.1. The zero-order valence-corrected chi connectivity index (χ0v) is 12.0. The van der Waals surface area contributed by atoms with Gasteiger partial charge in [0, 0.05) is 6.54 Å². The van der Waals surface area contributed by atoms with Crippen molar-refractivity contribution in [2.75, 3.05) is 6.54 Å². The number of hydrogen-bond donors (Lipinski definition) is 2. The first kappa shape index (κ1) is 14.9. The van der Waals surface area contributed by atoms with Crippen LogP contribution in [0.25, 0.3) is 0 Å². The Morgan fingerprint density at radius 1 is 1.56 bits per heavy atom. The van der Waals surface area contributed by atoms with Crippen molar-refractivity contribution in [3.63, 3.8) is 0 Å². The summed E-state index contributed by atoms with van der Waals surface area (Å²) >= 11 is 5.10. The summed E-state index contributed by atoms with van der Waals surface area (Å²) in [5.74, 6) is 0. The summed E-state index contributed by atoms with van der Waals surface area (Å²) in [5, 5.41) is 7.95. The van der Waals surface area contributed by atoms with Crippen LogP contribution in [0.5, 0.6) is 0 Å². The van der Waals surface area contributed by atoms with Gasteiger partial charge in [-0.15, -0.1) is 6.58 Å². The summed E-state index contributed by atoms with van der Waals surface area (Å²) in [6, 6.07) is 0. The van der Waals surface area contributed by atoms with Gasteiger partial charge in [0.25, 0.3) is 0 Å². The first-order valence-corrected chi connectivity index (χ1v) is 7.09. The van der Waals surface area contributed by atoms with Crippen molar-refractivity contribution >= 4 is 23.0 Å². The molecule has 0 aromatic heterocycles. The average molecular weight is 265 g/mol. The molecule has 0 aromatic carbocycles. The predicted octanol–water partition coefficient (Wildman–Crippen LogP) is 3.29. The molecule has 0 radical (unpaired) electrons. The van der Waals surface area contributed by atoms with Crippen molar-refractivity contribution in [3.8, 4) is 0 Å². The molecule has 0 atom stereocenters. The second-order valence-electron chi connectivity index (χ2n) is 4.39. The molecule has 0 fully saturated rings. The molecule has 0 saturated heterocycles. The van der Waals surface area contributed by atoms with Crippen LogP contribution < -0.4 is 10.7 Å². The van der Waals surface area contributed by atoms with E-state index in [1.165, 1.54) is 24.8 Å². The van der Waals surface area contributed by atoms with Crippen molar-refractivity contribution in [1.29, 1.82) is 0 Å². The van der Waals surface area contributed by atoms with Crippen molar-refractivity contribution in [3.05, 3.63) is 24.3 Å². The SMILES string of the molecule is C=CCNC(=S)N/N=C1\CCC=C1CCCCC. The maximum Gasteiger partial charge on any atom is 0.187 e. The van der Waals surface area contributed by atoms with Crippen LogP contribution in [0.15, 0.2) is 29.4 Å². The number of unbranched alkanes of at least 4 members (excludes halogenated alkanes) is 2. The quantitative estimate of drug-likeness (QED) is 0.321. The lowest BCUT2D eigenvalue weighted by Crippen LogP contribution is -2.32. The van der Waals surface area contributed by atoms with Crippen LogP contribution >= 0.6 is 12.2 Å². The maximum absolute atomic E-state index is 5.10. The molecule has 2 N–H and O–H groups in total. The van der Waals surface area contributed by atoms with E-state index in [9.17, 15) is 0 Å². The van der Waals surface area contributed by atoms with Crippen LogP contribution in [0.3, 0.4) is 0 Å². The Balaban J connectivity index is 2.37. The molecule has 1 rings (SSSR count). The van der Waals surface area contributed by atoms with Gasteiger partial charge >= 0.3 is 0 Å². The average Bonchev–Trinajstić information content (AvgIpc) is 2.82. The molecule has 18 heavy (non-hydrogen) atoms. The highest BCUT2D eigenvalue weighted by molar-refractivity contribution is 7.80. The lowest BCUT2D eigenvalue weighted by Gasteiger charge is -2.07. The van der Waals surface area contributed by atoms with E-state index in [0.29, 0.717) is 11.7 Å². The Bertz CT molecular complexity index is 345. The minimum absolute atomic E-state index is 0.558. The summed E-state index contributed by atoms with van der Waals surface area (Å²) in [5.41, 5.74) is 5.45.